The predicted molar refractivity (Wildman–Crippen MR) is 160 cm³/mol. The normalized spacial score (nSPS) is 46.7. The minimum Gasteiger partial charge on any atom is -0.459 e. The van der Waals surface area contributed by atoms with E-state index in [1.807, 2.05) is 34.6 Å². The van der Waals surface area contributed by atoms with Crippen molar-refractivity contribution >= 4 is 11.9 Å². The number of esters is 2. The standard InChI is InChI=1S/C20H32O2.C16H26O3/c1-5-19(3,4)18(21)22-20(6-2)11-14-10-15(20)17-13-8-7-12(9-13)16(14)17;1-4-14(2,3)13(17)19-16-8-11-5-12(9-16)7-15(18,6-11)10-16/h12-17H,5-11H2,1-4H3;11-12,18H,4-10H2,1-3H3. The van der Waals surface area contributed by atoms with Gasteiger partial charge in [0.2, 0.25) is 0 Å². The largest absolute Gasteiger partial charge is 0.459 e. The van der Waals surface area contributed by atoms with Gasteiger partial charge in [0, 0.05) is 12.3 Å². The van der Waals surface area contributed by atoms with Crippen LogP contribution in [0.3, 0.4) is 0 Å². The van der Waals surface area contributed by atoms with Gasteiger partial charge in [-0.3, -0.25) is 9.59 Å². The summed E-state index contributed by atoms with van der Waals surface area (Å²) in [6, 6.07) is 0. The number of ether oxygens (including phenoxy) is 2. The molecule has 0 aromatic heterocycles. The molecule has 0 spiro atoms. The molecule has 0 amide bonds. The Morgan fingerprint density at radius 2 is 1.29 bits per heavy atom. The van der Waals surface area contributed by atoms with Crippen LogP contribution in [0.2, 0.25) is 0 Å². The molecule has 0 radical (unpaired) electrons. The fourth-order valence-electron chi connectivity index (χ4n) is 11.5. The van der Waals surface area contributed by atoms with Gasteiger partial charge in [-0.15, -0.1) is 0 Å². The zero-order valence-corrected chi connectivity index (χ0v) is 27.1. The Hall–Kier alpha value is -1.10. The van der Waals surface area contributed by atoms with Gasteiger partial charge in [0.25, 0.3) is 0 Å². The number of carbonyl (C=O) groups excluding carboxylic acids is 2. The van der Waals surface area contributed by atoms with Crippen molar-refractivity contribution in [3.05, 3.63) is 0 Å². The maximum atomic E-state index is 12.7. The summed E-state index contributed by atoms with van der Waals surface area (Å²) in [6.45, 7) is 14.3. The molecule has 41 heavy (non-hydrogen) atoms. The monoisotopic (exact) mass is 570 g/mol. The van der Waals surface area contributed by atoms with Crippen LogP contribution in [0.15, 0.2) is 0 Å². The molecule has 8 aliphatic carbocycles. The van der Waals surface area contributed by atoms with Gasteiger partial charge < -0.3 is 14.6 Å². The van der Waals surface area contributed by atoms with E-state index in [-0.39, 0.29) is 28.6 Å². The van der Waals surface area contributed by atoms with Crippen LogP contribution in [-0.4, -0.2) is 33.8 Å². The molecule has 0 saturated heterocycles. The summed E-state index contributed by atoms with van der Waals surface area (Å²) in [7, 11) is 0. The van der Waals surface area contributed by atoms with Gasteiger partial charge in [-0.2, -0.15) is 0 Å². The molecular formula is C36H58O5. The lowest BCUT2D eigenvalue weighted by atomic mass is 9.52. The van der Waals surface area contributed by atoms with Crippen molar-refractivity contribution in [2.45, 2.75) is 155 Å². The Bertz CT molecular complexity index is 1030. The van der Waals surface area contributed by atoms with E-state index in [4.69, 9.17) is 9.47 Å². The Labute approximate surface area is 249 Å². The van der Waals surface area contributed by atoms with E-state index in [9.17, 15) is 14.7 Å². The van der Waals surface area contributed by atoms with Crippen LogP contribution < -0.4 is 0 Å². The smallest absolute Gasteiger partial charge is 0.312 e. The van der Waals surface area contributed by atoms with E-state index in [1.165, 1.54) is 32.1 Å². The van der Waals surface area contributed by atoms with Crippen LogP contribution in [0.5, 0.6) is 0 Å². The van der Waals surface area contributed by atoms with Crippen molar-refractivity contribution in [1.29, 1.82) is 0 Å². The second kappa shape index (κ2) is 9.96. The molecule has 9 atom stereocenters. The maximum Gasteiger partial charge on any atom is 0.312 e. The molecule has 8 bridgehead atoms. The third kappa shape index (κ3) is 4.91. The molecule has 0 aliphatic heterocycles. The second-order valence-electron chi connectivity index (χ2n) is 17.3. The van der Waals surface area contributed by atoms with Crippen molar-refractivity contribution in [1.82, 2.24) is 0 Å². The molecule has 9 unspecified atom stereocenters. The Kier molecular flexibility index (Phi) is 7.28. The first-order valence-corrected chi connectivity index (χ1v) is 17.4. The summed E-state index contributed by atoms with van der Waals surface area (Å²) < 4.78 is 12.3. The summed E-state index contributed by atoms with van der Waals surface area (Å²) in [6.07, 6.45) is 15.2. The van der Waals surface area contributed by atoms with E-state index in [2.05, 4.69) is 13.8 Å². The number of rotatable bonds is 7. The number of aliphatic hydroxyl groups is 1. The summed E-state index contributed by atoms with van der Waals surface area (Å²) in [5.41, 5.74) is -1.78. The molecule has 8 saturated carbocycles. The molecule has 5 heteroatoms. The molecule has 0 heterocycles. The van der Waals surface area contributed by atoms with Crippen LogP contribution in [-0.2, 0) is 19.1 Å². The minimum atomic E-state index is -0.555. The Balaban J connectivity index is 0.000000149. The molecule has 0 aromatic rings. The van der Waals surface area contributed by atoms with E-state index in [0.717, 1.165) is 81.0 Å². The highest BCUT2D eigenvalue weighted by Gasteiger charge is 2.68. The molecular weight excluding hydrogens is 512 g/mol. The van der Waals surface area contributed by atoms with Crippen LogP contribution >= 0.6 is 0 Å². The Morgan fingerprint density at radius 3 is 1.83 bits per heavy atom. The molecule has 1 N–H and O–H groups in total. The van der Waals surface area contributed by atoms with E-state index in [0.29, 0.717) is 24.2 Å². The van der Waals surface area contributed by atoms with Gasteiger partial charge >= 0.3 is 11.9 Å². The lowest BCUT2D eigenvalue weighted by Crippen LogP contribution is -2.61. The average Bonchev–Trinajstić information content (AvgIpc) is 3.67. The highest BCUT2D eigenvalue weighted by Crippen LogP contribution is 2.71. The molecule has 0 aromatic carbocycles. The average molecular weight is 571 g/mol. The highest BCUT2D eigenvalue weighted by atomic mass is 16.6. The van der Waals surface area contributed by atoms with Crippen LogP contribution in [0.4, 0.5) is 0 Å². The molecule has 8 fully saturated rings. The summed E-state index contributed by atoms with van der Waals surface area (Å²) in [4.78, 5) is 25.1. The maximum absolute atomic E-state index is 12.7. The minimum absolute atomic E-state index is 0.0455. The van der Waals surface area contributed by atoms with Crippen molar-refractivity contribution in [3.63, 3.8) is 0 Å². The number of carbonyl (C=O) groups is 2. The lowest BCUT2D eigenvalue weighted by molar-refractivity contribution is -0.225. The first kappa shape index (κ1) is 29.9. The number of fused-ring (bicyclic) bond motifs is 9. The lowest BCUT2D eigenvalue weighted by Gasteiger charge is -2.59. The predicted octanol–water partition coefficient (Wildman–Crippen LogP) is 7.87. The van der Waals surface area contributed by atoms with Gasteiger partial charge in [0.15, 0.2) is 0 Å². The topological polar surface area (TPSA) is 72.8 Å². The third-order valence-electron chi connectivity index (χ3n) is 13.9. The summed E-state index contributed by atoms with van der Waals surface area (Å²) in [5, 5.41) is 10.6. The van der Waals surface area contributed by atoms with Gasteiger partial charge in [0.1, 0.15) is 11.2 Å². The van der Waals surface area contributed by atoms with Crippen molar-refractivity contribution in [3.8, 4) is 0 Å². The van der Waals surface area contributed by atoms with Crippen molar-refractivity contribution in [2.75, 3.05) is 0 Å². The number of hydrogen-bond donors (Lipinski definition) is 1. The zero-order chi connectivity index (χ0) is 29.6. The van der Waals surface area contributed by atoms with E-state index in [1.54, 1.807) is 0 Å². The molecule has 232 valence electrons. The van der Waals surface area contributed by atoms with Gasteiger partial charge in [0.05, 0.1) is 16.4 Å². The number of hydrogen-bond acceptors (Lipinski definition) is 5. The zero-order valence-electron chi connectivity index (χ0n) is 27.1. The molecule has 8 aliphatic rings. The van der Waals surface area contributed by atoms with E-state index < -0.39 is 11.0 Å². The summed E-state index contributed by atoms with van der Waals surface area (Å²) >= 11 is 0. The quantitative estimate of drug-likeness (QED) is 0.249. The van der Waals surface area contributed by atoms with Gasteiger partial charge in [-0.25, -0.2) is 0 Å². The molecule has 8 rings (SSSR count). The van der Waals surface area contributed by atoms with Crippen LogP contribution in [0, 0.1) is 58.2 Å². The van der Waals surface area contributed by atoms with Crippen LogP contribution in [0.25, 0.3) is 0 Å². The summed E-state index contributed by atoms with van der Waals surface area (Å²) in [5.74, 6) is 6.44. The van der Waals surface area contributed by atoms with Gasteiger partial charge in [-0.1, -0.05) is 20.8 Å². The van der Waals surface area contributed by atoms with Crippen molar-refractivity contribution < 1.29 is 24.2 Å². The molecule has 5 nitrogen and oxygen atoms in total. The van der Waals surface area contributed by atoms with Crippen molar-refractivity contribution in [2.24, 2.45) is 58.2 Å². The fraction of sp³-hybridized carbons (Fsp3) is 0.944. The second-order valence-corrected chi connectivity index (χ2v) is 17.3. The first-order chi connectivity index (χ1) is 19.2. The third-order valence-corrected chi connectivity index (χ3v) is 13.9. The van der Waals surface area contributed by atoms with E-state index >= 15 is 0 Å². The SMILES string of the molecule is CCC(C)(C)C(=O)OC1(CC)CC2CC1C1C3CCC(C3)C21.CCC(C)(C)C(=O)OC12CC3CC(CC(O)(C3)C1)C2. The van der Waals surface area contributed by atoms with Gasteiger partial charge in [-0.05, 0) is 153 Å². The Morgan fingerprint density at radius 1 is 0.732 bits per heavy atom. The van der Waals surface area contributed by atoms with Crippen LogP contribution in [0.1, 0.15) is 138 Å². The highest BCUT2D eigenvalue weighted by molar-refractivity contribution is 5.77. The fourth-order valence-corrected chi connectivity index (χ4v) is 11.5. The first-order valence-electron chi connectivity index (χ1n) is 17.4.